The van der Waals surface area contributed by atoms with Crippen molar-refractivity contribution in [3.63, 3.8) is 0 Å². The Kier molecular flexibility index (Phi) is 3.95. The number of hydrogen-bond acceptors (Lipinski definition) is 1. The molecule has 82 valence electrons. The Balaban J connectivity index is 3.08. The number of ketones is 1. The van der Waals surface area contributed by atoms with Gasteiger partial charge in [-0.2, -0.15) is 0 Å². The molecule has 0 atom stereocenters. The Bertz CT molecular complexity index is 359. The van der Waals surface area contributed by atoms with E-state index in [1.165, 1.54) is 6.07 Å². The molecule has 0 spiro atoms. The third-order valence-electron chi connectivity index (χ3n) is 2.45. The van der Waals surface area contributed by atoms with Gasteiger partial charge >= 0.3 is 6.43 Å². The zero-order chi connectivity index (χ0) is 11.4. The average molecular weight is 212 g/mol. The van der Waals surface area contributed by atoms with Gasteiger partial charge in [0.25, 0.3) is 0 Å². The van der Waals surface area contributed by atoms with Crippen LogP contribution in [-0.2, 0) is 12.8 Å². The summed E-state index contributed by atoms with van der Waals surface area (Å²) >= 11 is 0. The van der Waals surface area contributed by atoms with Crippen LogP contribution in [0.5, 0.6) is 0 Å². The second kappa shape index (κ2) is 5.01. The number of carbonyl (C=O) groups is 1. The van der Waals surface area contributed by atoms with E-state index in [1.54, 1.807) is 12.1 Å². The molecule has 1 nitrogen and oxygen atoms in total. The molecule has 0 unspecified atom stereocenters. The molecule has 0 saturated carbocycles. The minimum atomic E-state index is -2.91. The molecule has 15 heavy (non-hydrogen) atoms. The summed E-state index contributed by atoms with van der Waals surface area (Å²) in [6, 6.07) is 4.81. The number of alkyl halides is 2. The van der Waals surface area contributed by atoms with Crippen LogP contribution in [-0.4, -0.2) is 12.2 Å². The van der Waals surface area contributed by atoms with E-state index in [0.717, 1.165) is 24.0 Å². The number of rotatable bonds is 4. The second-order valence-electron chi connectivity index (χ2n) is 3.36. The van der Waals surface area contributed by atoms with Crippen LogP contribution in [0, 0.1) is 0 Å². The fourth-order valence-corrected chi connectivity index (χ4v) is 1.58. The minimum Gasteiger partial charge on any atom is -0.288 e. The Morgan fingerprint density at radius 2 is 1.80 bits per heavy atom. The van der Waals surface area contributed by atoms with E-state index in [0.29, 0.717) is 0 Å². The summed E-state index contributed by atoms with van der Waals surface area (Å²) < 4.78 is 24.4. The zero-order valence-electron chi connectivity index (χ0n) is 8.89. The largest absolute Gasteiger partial charge is 0.300 e. The summed E-state index contributed by atoms with van der Waals surface area (Å²) in [4.78, 5) is 11.1. The van der Waals surface area contributed by atoms with Crippen LogP contribution in [0.1, 0.15) is 35.3 Å². The quantitative estimate of drug-likeness (QED) is 0.700. The highest BCUT2D eigenvalue weighted by atomic mass is 19.3. The minimum absolute atomic E-state index is 0.110. The monoisotopic (exact) mass is 212 g/mol. The lowest BCUT2D eigenvalue weighted by Crippen LogP contribution is -2.10. The molecule has 0 radical (unpaired) electrons. The normalized spacial score (nSPS) is 10.7. The summed E-state index contributed by atoms with van der Waals surface area (Å²) in [6.45, 7) is 3.95. The molecular formula is C12H14F2O. The lowest BCUT2D eigenvalue weighted by atomic mass is 9.98. The fraction of sp³-hybridized carbons (Fsp3) is 0.417. The van der Waals surface area contributed by atoms with Crippen LogP contribution >= 0.6 is 0 Å². The molecule has 3 heteroatoms. The van der Waals surface area contributed by atoms with Crippen LogP contribution in [0.2, 0.25) is 0 Å². The Morgan fingerprint density at radius 3 is 2.27 bits per heavy atom. The van der Waals surface area contributed by atoms with Gasteiger partial charge in [-0.3, -0.25) is 4.79 Å². The highest BCUT2D eigenvalue weighted by Crippen LogP contribution is 2.16. The molecule has 1 rings (SSSR count). The zero-order valence-corrected chi connectivity index (χ0v) is 8.89. The molecule has 0 fully saturated rings. The van der Waals surface area contributed by atoms with Gasteiger partial charge in [-0.15, -0.1) is 0 Å². The van der Waals surface area contributed by atoms with Gasteiger partial charge in [-0.25, -0.2) is 8.78 Å². The standard InChI is InChI=1S/C12H14F2O/c1-3-8-5-6-10(7-9(8)4-2)11(15)12(13)14/h5-7,12H,3-4H2,1-2H3. The van der Waals surface area contributed by atoms with Crippen molar-refractivity contribution in [2.24, 2.45) is 0 Å². The first kappa shape index (κ1) is 11.8. The van der Waals surface area contributed by atoms with E-state index < -0.39 is 12.2 Å². The van der Waals surface area contributed by atoms with E-state index in [1.807, 2.05) is 13.8 Å². The first-order chi connectivity index (χ1) is 7.10. The van der Waals surface area contributed by atoms with Crippen molar-refractivity contribution in [3.05, 3.63) is 34.9 Å². The SMILES string of the molecule is CCc1ccc(C(=O)C(F)F)cc1CC. The maximum Gasteiger partial charge on any atom is 0.300 e. The summed E-state index contributed by atoms with van der Waals surface area (Å²) in [5.41, 5.74) is 2.20. The number of Topliss-reactive ketones (excluding diaryl/α,β-unsaturated/α-hetero) is 1. The summed E-state index contributed by atoms with van der Waals surface area (Å²) in [5, 5.41) is 0. The highest BCUT2D eigenvalue weighted by Gasteiger charge is 2.18. The van der Waals surface area contributed by atoms with E-state index in [4.69, 9.17) is 0 Å². The third kappa shape index (κ3) is 2.61. The average Bonchev–Trinajstić information content (AvgIpc) is 2.26. The Morgan fingerprint density at radius 1 is 1.20 bits per heavy atom. The lowest BCUT2D eigenvalue weighted by Gasteiger charge is -2.07. The van der Waals surface area contributed by atoms with E-state index in [2.05, 4.69) is 0 Å². The van der Waals surface area contributed by atoms with E-state index in [9.17, 15) is 13.6 Å². The molecule has 0 amide bonds. The summed E-state index contributed by atoms with van der Waals surface area (Å²) in [7, 11) is 0. The molecule has 0 bridgehead atoms. The van der Waals surface area contributed by atoms with E-state index in [-0.39, 0.29) is 5.56 Å². The molecule has 0 aliphatic rings. The number of aryl methyl sites for hydroxylation is 2. The Hall–Kier alpha value is -1.25. The van der Waals surface area contributed by atoms with Crippen LogP contribution in [0.15, 0.2) is 18.2 Å². The molecular weight excluding hydrogens is 198 g/mol. The van der Waals surface area contributed by atoms with Gasteiger partial charge in [-0.1, -0.05) is 26.0 Å². The van der Waals surface area contributed by atoms with Crippen molar-refractivity contribution >= 4 is 5.78 Å². The second-order valence-corrected chi connectivity index (χ2v) is 3.36. The van der Waals surface area contributed by atoms with Gasteiger partial charge in [0.2, 0.25) is 5.78 Å². The van der Waals surface area contributed by atoms with Crippen LogP contribution in [0.4, 0.5) is 8.78 Å². The molecule has 0 saturated heterocycles. The molecule has 0 heterocycles. The van der Waals surface area contributed by atoms with Gasteiger partial charge in [0.15, 0.2) is 0 Å². The Labute approximate surface area is 88.1 Å². The maximum absolute atomic E-state index is 12.2. The molecule has 1 aromatic carbocycles. The molecule has 1 aromatic rings. The number of carbonyl (C=O) groups excluding carboxylic acids is 1. The van der Waals surface area contributed by atoms with Crippen molar-refractivity contribution in [2.45, 2.75) is 33.1 Å². The first-order valence-electron chi connectivity index (χ1n) is 5.04. The van der Waals surface area contributed by atoms with Gasteiger partial charge in [0, 0.05) is 5.56 Å². The van der Waals surface area contributed by atoms with Crippen LogP contribution in [0.25, 0.3) is 0 Å². The first-order valence-corrected chi connectivity index (χ1v) is 5.04. The van der Waals surface area contributed by atoms with Crippen molar-refractivity contribution in [1.29, 1.82) is 0 Å². The predicted molar refractivity (Wildman–Crippen MR) is 55.5 cm³/mol. The molecule has 0 N–H and O–H groups in total. The van der Waals surface area contributed by atoms with Gasteiger partial charge in [0.05, 0.1) is 0 Å². The van der Waals surface area contributed by atoms with Crippen molar-refractivity contribution in [1.82, 2.24) is 0 Å². The van der Waals surface area contributed by atoms with Crippen molar-refractivity contribution in [3.8, 4) is 0 Å². The molecule has 0 aliphatic carbocycles. The van der Waals surface area contributed by atoms with Gasteiger partial charge < -0.3 is 0 Å². The maximum atomic E-state index is 12.2. The van der Waals surface area contributed by atoms with Crippen molar-refractivity contribution in [2.75, 3.05) is 0 Å². The van der Waals surface area contributed by atoms with Gasteiger partial charge in [-0.05, 0) is 30.0 Å². The number of halogens is 2. The topological polar surface area (TPSA) is 17.1 Å². The van der Waals surface area contributed by atoms with Gasteiger partial charge in [0.1, 0.15) is 0 Å². The summed E-state index contributed by atoms with van der Waals surface area (Å²) in [5.74, 6) is -1.09. The fourth-order valence-electron chi connectivity index (χ4n) is 1.58. The van der Waals surface area contributed by atoms with Crippen LogP contribution in [0.3, 0.4) is 0 Å². The third-order valence-corrected chi connectivity index (χ3v) is 2.45. The van der Waals surface area contributed by atoms with Crippen LogP contribution < -0.4 is 0 Å². The lowest BCUT2D eigenvalue weighted by molar-refractivity contribution is 0.0678. The number of hydrogen-bond donors (Lipinski definition) is 0. The highest BCUT2D eigenvalue weighted by molar-refractivity contribution is 5.98. The molecule has 0 aromatic heterocycles. The predicted octanol–water partition coefficient (Wildman–Crippen LogP) is 3.26. The smallest absolute Gasteiger partial charge is 0.288 e. The van der Waals surface area contributed by atoms with E-state index >= 15 is 0 Å². The number of benzene rings is 1. The summed E-state index contributed by atoms with van der Waals surface area (Å²) in [6.07, 6.45) is -1.30. The molecule has 0 aliphatic heterocycles. The van der Waals surface area contributed by atoms with Crippen molar-refractivity contribution < 1.29 is 13.6 Å².